The molecule has 2 heterocycles. The number of imidazole rings is 1. The molecule has 5 aromatic carbocycles. The maximum Gasteiger partial charge on any atom is 0.335 e. The van der Waals surface area contributed by atoms with Crippen LogP contribution < -0.4 is 0 Å². The third-order valence-corrected chi connectivity index (χ3v) is 9.62. The van der Waals surface area contributed by atoms with Gasteiger partial charge in [-0.1, -0.05) is 97.6 Å². The van der Waals surface area contributed by atoms with Crippen molar-refractivity contribution in [1.82, 2.24) is 14.5 Å². The van der Waals surface area contributed by atoms with E-state index in [0.29, 0.717) is 16.6 Å². The molecule has 6 heteroatoms. The molecule has 0 aliphatic heterocycles. The van der Waals surface area contributed by atoms with Crippen LogP contribution in [-0.2, 0) is 0 Å². The summed E-state index contributed by atoms with van der Waals surface area (Å²) in [6.45, 7) is 0. The number of carboxylic acids is 1. The van der Waals surface area contributed by atoms with Gasteiger partial charge in [0.1, 0.15) is 5.82 Å². The molecule has 0 radical (unpaired) electrons. The lowest BCUT2D eigenvalue weighted by Gasteiger charge is -2.25. The molecule has 230 valence electrons. The van der Waals surface area contributed by atoms with E-state index in [2.05, 4.69) is 89.5 Å². The molecule has 2 aromatic heterocycles. The standard InChI is InChI=1S/C41H32ClN3O2/c42-31-19-15-27(16-20-31)33-13-7-8-14-34(33)39-35(26-9-3-1-4-10-26)24-30-23-28(17-21-36(30)43-39)40-44-37-25-29(41(46)47)18-22-38(37)45(40)32-11-5-2-6-12-32/h1,3-4,7-10,13-25,32H,2,5-6,11-12H2,(H,46,47). The molecule has 47 heavy (non-hydrogen) atoms. The van der Waals surface area contributed by atoms with Crippen LogP contribution in [0.15, 0.2) is 121 Å². The molecular formula is C41H32ClN3O2. The van der Waals surface area contributed by atoms with Crippen molar-refractivity contribution in [3.63, 3.8) is 0 Å². The quantitative estimate of drug-likeness (QED) is 0.198. The van der Waals surface area contributed by atoms with Crippen LogP contribution in [-0.4, -0.2) is 25.6 Å². The van der Waals surface area contributed by atoms with E-state index in [4.69, 9.17) is 21.6 Å². The predicted molar refractivity (Wildman–Crippen MR) is 191 cm³/mol. The number of aromatic carboxylic acids is 1. The highest BCUT2D eigenvalue weighted by Crippen LogP contribution is 2.41. The highest BCUT2D eigenvalue weighted by Gasteiger charge is 2.24. The van der Waals surface area contributed by atoms with Gasteiger partial charge in [-0.25, -0.2) is 14.8 Å². The molecule has 5 nitrogen and oxygen atoms in total. The zero-order valence-electron chi connectivity index (χ0n) is 25.7. The lowest BCUT2D eigenvalue weighted by Crippen LogP contribution is -2.14. The molecule has 1 fully saturated rings. The first kappa shape index (κ1) is 29.2. The Bertz CT molecular complexity index is 2270. The maximum absolute atomic E-state index is 11.8. The molecule has 1 N–H and O–H groups in total. The van der Waals surface area contributed by atoms with Gasteiger partial charge in [-0.15, -0.1) is 0 Å². The molecule has 0 saturated heterocycles. The Balaban J connectivity index is 1.32. The number of hydrogen-bond donors (Lipinski definition) is 1. The first-order valence-corrected chi connectivity index (χ1v) is 16.5. The lowest BCUT2D eigenvalue weighted by molar-refractivity contribution is 0.0697. The third-order valence-electron chi connectivity index (χ3n) is 9.37. The van der Waals surface area contributed by atoms with Crippen molar-refractivity contribution < 1.29 is 9.90 Å². The van der Waals surface area contributed by atoms with E-state index in [0.717, 1.165) is 74.2 Å². The predicted octanol–water partition coefficient (Wildman–Crippen LogP) is 11.1. The minimum atomic E-state index is -0.945. The van der Waals surface area contributed by atoms with Gasteiger partial charge in [0.15, 0.2) is 0 Å². The molecular weight excluding hydrogens is 602 g/mol. The molecule has 1 aliphatic rings. The molecule has 0 spiro atoms. The topological polar surface area (TPSA) is 68.0 Å². The van der Waals surface area contributed by atoms with Crippen molar-refractivity contribution in [2.24, 2.45) is 0 Å². The Labute approximate surface area is 278 Å². The van der Waals surface area contributed by atoms with Crippen molar-refractivity contribution in [3.8, 4) is 44.9 Å². The summed E-state index contributed by atoms with van der Waals surface area (Å²) in [5.41, 5.74) is 10.1. The Hall–Kier alpha value is -5.26. The monoisotopic (exact) mass is 633 g/mol. The van der Waals surface area contributed by atoms with Gasteiger partial charge >= 0.3 is 5.97 Å². The summed E-state index contributed by atoms with van der Waals surface area (Å²) in [6, 6.07) is 41.0. The second-order valence-electron chi connectivity index (χ2n) is 12.3. The van der Waals surface area contributed by atoms with Crippen molar-refractivity contribution in [3.05, 3.63) is 132 Å². The van der Waals surface area contributed by atoms with E-state index in [1.165, 1.54) is 19.3 Å². The van der Waals surface area contributed by atoms with E-state index in [-0.39, 0.29) is 5.56 Å². The number of nitrogens with zero attached hydrogens (tertiary/aromatic N) is 3. The Morgan fingerprint density at radius 2 is 1.36 bits per heavy atom. The van der Waals surface area contributed by atoms with E-state index < -0.39 is 5.97 Å². The first-order valence-electron chi connectivity index (χ1n) is 16.1. The molecule has 0 amide bonds. The summed E-state index contributed by atoms with van der Waals surface area (Å²) in [5.74, 6) is -0.0749. The Morgan fingerprint density at radius 3 is 2.13 bits per heavy atom. The highest BCUT2D eigenvalue weighted by atomic mass is 35.5. The van der Waals surface area contributed by atoms with Gasteiger partial charge < -0.3 is 9.67 Å². The van der Waals surface area contributed by atoms with Crippen molar-refractivity contribution >= 4 is 39.5 Å². The van der Waals surface area contributed by atoms with Crippen molar-refractivity contribution in [1.29, 1.82) is 0 Å². The van der Waals surface area contributed by atoms with E-state index in [9.17, 15) is 9.90 Å². The van der Waals surface area contributed by atoms with Crippen LogP contribution in [0.5, 0.6) is 0 Å². The van der Waals surface area contributed by atoms with Crippen LogP contribution in [0.1, 0.15) is 48.5 Å². The van der Waals surface area contributed by atoms with Crippen LogP contribution >= 0.6 is 11.6 Å². The van der Waals surface area contributed by atoms with Gasteiger partial charge in [-0.3, -0.25) is 0 Å². The number of carbonyl (C=O) groups is 1. The summed E-state index contributed by atoms with van der Waals surface area (Å²) in [7, 11) is 0. The number of pyridine rings is 1. The number of carboxylic acid groups (broad SMARTS) is 1. The summed E-state index contributed by atoms with van der Waals surface area (Å²) in [5, 5.41) is 11.4. The fourth-order valence-electron chi connectivity index (χ4n) is 7.07. The maximum atomic E-state index is 11.8. The second-order valence-corrected chi connectivity index (χ2v) is 12.8. The zero-order valence-corrected chi connectivity index (χ0v) is 26.5. The second kappa shape index (κ2) is 12.2. The molecule has 8 rings (SSSR count). The number of halogens is 1. The van der Waals surface area contributed by atoms with Crippen molar-refractivity contribution in [2.75, 3.05) is 0 Å². The number of fused-ring (bicyclic) bond motifs is 2. The lowest BCUT2D eigenvalue weighted by atomic mass is 9.92. The largest absolute Gasteiger partial charge is 0.478 e. The Kier molecular flexibility index (Phi) is 7.54. The number of benzene rings is 5. The minimum Gasteiger partial charge on any atom is -0.478 e. The average Bonchev–Trinajstić information content (AvgIpc) is 3.51. The molecule has 1 saturated carbocycles. The van der Waals surface area contributed by atoms with Crippen LogP contribution in [0.2, 0.25) is 5.02 Å². The number of aromatic nitrogens is 3. The smallest absolute Gasteiger partial charge is 0.335 e. The van der Waals surface area contributed by atoms with Crippen LogP contribution in [0, 0.1) is 0 Å². The van der Waals surface area contributed by atoms with Gasteiger partial charge in [0.25, 0.3) is 0 Å². The van der Waals surface area contributed by atoms with Gasteiger partial charge in [-0.2, -0.15) is 0 Å². The number of hydrogen-bond acceptors (Lipinski definition) is 3. The van der Waals surface area contributed by atoms with Gasteiger partial charge in [0.05, 0.1) is 27.8 Å². The molecule has 0 unspecified atom stereocenters. The van der Waals surface area contributed by atoms with Gasteiger partial charge in [0.2, 0.25) is 0 Å². The fraction of sp³-hybridized carbons (Fsp3) is 0.146. The summed E-state index contributed by atoms with van der Waals surface area (Å²) < 4.78 is 2.35. The first-order chi connectivity index (χ1) is 23.0. The van der Waals surface area contributed by atoms with Gasteiger partial charge in [-0.05, 0) is 84.1 Å². The van der Waals surface area contributed by atoms with Crippen molar-refractivity contribution in [2.45, 2.75) is 38.1 Å². The molecule has 7 aromatic rings. The minimum absolute atomic E-state index is 0.249. The van der Waals surface area contributed by atoms with E-state index >= 15 is 0 Å². The molecule has 1 aliphatic carbocycles. The Morgan fingerprint density at radius 1 is 0.660 bits per heavy atom. The van der Waals surface area contributed by atoms with Crippen LogP contribution in [0.4, 0.5) is 0 Å². The average molecular weight is 634 g/mol. The summed E-state index contributed by atoms with van der Waals surface area (Å²) in [4.78, 5) is 22.2. The molecule has 0 bridgehead atoms. The van der Waals surface area contributed by atoms with Crippen LogP contribution in [0.25, 0.3) is 66.8 Å². The van der Waals surface area contributed by atoms with Crippen LogP contribution in [0.3, 0.4) is 0 Å². The summed E-state index contributed by atoms with van der Waals surface area (Å²) in [6.07, 6.45) is 5.78. The normalized spacial score (nSPS) is 13.7. The summed E-state index contributed by atoms with van der Waals surface area (Å²) >= 11 is 6.24. The van der Waals surface area contributed by atoms with E-state index in [1.807, 2.05) is 24.3 Å². The number of rotatable bonds is 6. The zero-order chi connectivity index (χ0) is 31.9. The third kappa shape index (κ3) is 5.47. The van der Waals surface area contributed by atoms with E-state index in [1.54, 1.807) is 12.1 Å². The highest BCUT2D eigenvalue weighted by molar-refractivity contribution is 6.30. The molecule has 0 atom stereocenters. The fourth-order valence-corrected chi connectivity index (χ4v) is 7.20. The van der Waals surface area contributed by atoms with Gasteiger partial charge in [0, 0.05) is 33.1 Å². The SMILES string of the molecule is O=C(O)c1ccc2c(c1)nc(-c1ccc3nc(-c4ccccc4-c4ccc(Cl)cc4)c(-c4ccccc4)cc3c1)n2C1CCCCC1.